The number of alkyl halides is 2. The fourth-order valence-corrected chi connectivity index (χ4v) is 4.41. The van der Waals surface area contributed by atoms with E-state index in [0.29, 0.717) is 43.0 Å². The molecule has 25 heavy (non-hydrogen) atoms. The molecule has 0 amide bonds. The number of carbonyl (C=O) groups excluding carboxylic acids is 2. The number of halogens is 2. The van der Waals surface area contributed by atoms with Crippen LogP contribution in [0.3, 0.4) is 0 Å². The number of benzene rings is 2. The van der Waals surface area contributed by atoms with Crippen molar-refractivity contribution in [1.29, 1.82) is 0 Å². The Balaban J connectivity index is 2.05. The summed E-state index contributed by atoms with van der Waals surface area (Å²) in [5.41, 5.74) is 1.45. The minimum Gasteiger partial charge on any atom is -0.294 e. The summed E-state index contributed by atoms with van der Waals surface area (Å²) in [5, 5.41) is 2.06. The van der Waals surface area contributed by atoms with Crippen LogP contribution >= 0.6 is 34.5 Å². The quantitative estimate of drug-likeness (QED) is 0.325. The molecule has 0 spiro atoms. The molecule has 0 unspecified atom stereocenters. The van der Waals surface area contributed by atoms with Crippen molar-refractivity contribution in [2.75, 3.05) is 11.8 Å². The first-order valence-electron chi connectivity index (χ1n) is 8.29. The van der Waals surface area contributed by atoms with Crippen molar-refractivity contribution in [3.63, 3.8) is 0 Å². The second kappa shape index (κ2) is 8.31. The van der Waals surface area contributed by atoms with E-state index in [1.54, 1.807) is 11.3 Å². The summed E-state index contributed by atoms with van der Waals surface area (Å²) in [6, 6.07) is 11.6. The Labute approximate surface area is 160 Å². The van der Waals surface area contributed by atoms with Gasteiger partial charge in [-0.1, -0.05) is 12.1 Å². The van der Waals surface area contributed by atoms with E-state index in [-0.39, 0.29) is 11.6 Å². The maximum Gasteiger partial charge on any atom is 0.164 e. The van der Waals surface area contributed by atoms with Crippen LogP contribution in [0.1, 0.15) is 46.4 Å². The summed E-state index contributed by atoms with van der Waals surface area (Å²) in [7, 11) is 0. The van der Waals surface area contributed by atoms with Gasteiger partial charge in [-0.2, -0.15) is 0 Å². The van der Waals surface area contributed by atoms with Gasteiger partial charge in [-0.05, 0) is 37.1 Å². The minimum atomic E-state index is 0.108. The monoisotopic (exact) mass is 392 g/mol. The van der Waals surface area contributed by atoms with Crippen LogP contribution in [0.5, 0.6) is 0 Å². The number of hydrogen-bond acceptors (Lipinski definition) is 3. The first kappa shape index (κ1) is 18.4. The van der Waals surface area contributed by atoms with E-state index in [9.17, 15) is 9.59 Å². The zero-order valence-corrected chi connectivity index (χ0v) is 16.0. The lowest BCUT2D eigenvalue weighted by atomic mass is 10.0. The van der Waals surface area contributed by atoms with Crippen molar-refractivity contribution < 1.29 is 9.59 Å². The van der Waals surface area contributed by atoms with Gasteiger partial charge >= 0.3 is 0 Å². The molecular formula is C20H18Cl2O2S. The Hall–Kier alpha value is -1.42. The zero-order valence-electron chi connectivity index (χ0n) is 13.7. The molecule has 2 nitrogen and oxygen atoms in total. The highest BCUT2D eigenvalue weighted by molar-refractivity contribution is 7.26. The Morgan fingerprint density at radius 1 is 0.880 bits per heavy atom. The van der Waals surface area contributed by atoms with Gasteiger partial charge < -0.3 is 0 Å². The summed E-state index contributed by atoms with van der Waals surface area (Å²) in [6.07, 6.45) is 2.28. The minimum absolute atomic E-state index is 0.108. The lowest BCUT2D eigenvalue weighted by Gasteiger charge is -2.02. The molecule has 1 heterocycles. The molecule has 0 saturated heterocycles. The van der Waals surface area contributed by atoms with Gasteiger partial charge in [0.05, 0.1) is 0 Å². The Bertz CT molecular complexity index is 930. The van der Waals surface area contributed by atoms with Crippen LogP contribution in [0.2, 0.25) is 0 Å². The molecule has 0 saturated carbocycles. The lowest BCUT2D eigenvalue weighted by molar-refractivity contribution is 0.0974. The number of thiophene rings is 1. The molecular weight excluding hydrogens is 375 g/mol. The van der Waals surface area contributed by atoms with Crippen molar-refractivity contribution in [3.8, 4) is 0 Å². The van der Waals surface area contributed by atoms with Gasteiger partial charge in [-0.15, -0.1) is 34.5 Å². The van der Waals surface area contributed by atoms with E-state index in [1.165, 1.54) is 0 Å². The first-order chi connectivity index (χ1) is 12.2. The second-order valence-corrected chi connectivity index (χ2v) is 7.73. The average molecular weight is 393 g/mol. The van der Waals surface area contributed by atoms with E-state index in [1.807, 2.05) is 36.4 Å². The number of rotatable bonds is 8. The van der Waals surface area contributed by atoms with Crippen LogP contribution in [0.4, 0.5) is 0 Å². The highest BCUT2D eigenvalue weighted by Gasteiger charge is 2.15. The van der Waals surface area contributed by atoms with Crippen LogP contribution < -0.4 is 0 Å². The molecule has 0 aliphatic heterocycles. The molecule has 1 aromatic heterocycles. The van der Waals surface area contributed by atoms with E-state index < -0.39 is 0 Å². The number of fused-ring (bicyclic) bond motifs is 3. The maximum atomic E-state index is 12.5. The van der Waals surface area contributed by atoms with E-state index in [4.69, 9.17) is 23.2 Å². The van der Waals surface area contributed by atoms with Gasteiger partial charge in [-0.3, -0.25) is 9.59 Å². The Kier molecular flexibility index (Phi) is 6.10. The molecule has 0 bridgehead atoms. The fourth-order valence-electron chi connectivity index (χ4n) is 2.93. The molecule has 0 aliphatic carbocycles. The van der Waals surface area contributed by atoms with Crippen LogP contribution in [-0.2, 0) is 0 Å². The van der Waals surface area contributed by atoms with Gasteiger partial charge in [0.25, 0.3) is 0 Å². The number of hydrogen-bond donors (Lipinski definition) is 0. The summed E-state index contributed by atoms with van der Waals surface area (Å²) >= 11 is 13.0. The third-order valence-corrected chi connectivity index (χ3v) is 5.95. The van der Waals surface area contributed by atoms with Crippen LogP contribution in [0.15, 0.2) is 36.4 Å². The SMILES string of the molecule is O=C(CCCCl)c1ccc2sc3c(C(=O)CCCCl)cccc3c2c1. The largest absolute Gasteiger partial charge is 0.294 e. The summed E-state index contributed by atoms with van der Waals surface area (Å²) in [5.74, 6) is 1.21. The lowest BCUT2D eigenvalue weighted by Crippen LogP contribution is -1.99. The number of ketones is 2. The highest BCUT2D eigenvalue weighted by Crippen LogP contribution is 2.37. The fraction of sp³-hybridized carbons (Fsp3) is 0.300. The summed E-state index contributed by atoms with van der Waals surface area (Å²) in [6.45, 7) is 0. The molecule has 0 N–H and O–H groups in total. The van der Waals surface area contributed by atoms with Gasteiger partial charge in [0.1, 0.15) is 0 Å². The molecule has 3 aromatic rings. The van der Waals surface area contributed by atoms with Crippen LogP contribution in [0.25, 0.3) is 20.2 Å². The molecule has 0 atom stereocenters. The second-order valence-electron chi connectivity index (χ2n) is 5.93. The van der Waals surface area contributed by atoms with E-state index in [0.717, 1.165) is 25.7 Å². The van der Waals surface area contributed by atoms with Crippen molar-refractivity contribution >= 4 is 66.3 Å². The van der Waals surface area contributed by atoms with E-state index >= 15 is 0 Å². The van der Waals surface area contributed by atoms with Crippen molar-refractivity contribution in [1.82, 2.24) is 0 Å². The smallest absolute Gasteiger partial charge is 0.164 e. The van der Waals surface area contributed by atoms with Crippen LogP contribution in [-0.4, -0.2) is 23.3 Å². The number of Topliss-reactive ketones (excluding diaryl/α,β-unsaturated/α-hetero) is 2. The normalized spacial score (nSPS) is 11.3. The maximum absolute atomic E-state index is 12.5. The third kappa shape index (κ3) is 3.89. The van der Waals surface area contributed by atoms with Gasteiger partial charge in [0.2, 0.25) is 0 Å². The first-order valence-corrected chi connectivity index (χ1v) is 10.2. The van der Waals surface area contributed by atoms with Crippen molar-refractivity contribution in [2.24, 2.45) is 0 Å². The summed E-state index contributed by atoms with van der Waals surface area (Å²) in [4.78, 5) is 24.7. The van der Waals surface area contributed by atoms with Crippen molar-refractivity contribution in [3.05, 3.63) is 47.5 Å². The molecule has 0 aliphatic rings. The topological polar surface area (TPSA) is 34.1 Å². The van der Waals surface area contributed by atoms with E-state index in [2.05, 4.69) is 0 Å². The van der Waals surface area contributed by atoms with Gasteiger partial charge in [0.15, 0.2) is 11.6 Å². The zero-order chi connectivity index (χ0) is 17.8. The Morgan fingerprint density at radius 2 is 1.60 bits per heavy atom. The molecule has 5 heteroatoms. The number of carbonyl (C=O) groups is 2. The van der Waals surface area contributed by atoms with Gasteiger partial charge in [0, 0.05) is 55.9 Å². The summed E-state index contributed by atoms with van der Waals surface area (Å²) < 4.78 is 2.07. The predicted octanol–water partition coefficient (Wildman–Crippen LogP) is 6.46. The molecule has 130 valence electrons. The molecule has 3 rings (SSSR count). The van der Waals surface area contributed by atoms with Crippen LogP contribution in [0, 0.1) is 0 Å². The van der Waals surface area contributed by atoms with Crippen molar-refractivity contribution in [2.45, 2.75) is 25.7 Å². The Morgan fingerprint density at radius 3 is 2.32 bits per heavy atom. The van der Waals surface area contributed by atoms with Gasteiger partial charge in [-0.25, -0.2) is 0 Å². The average Bonchev–Trinajstić information content (AvgIpc) is 3.01. The molecule has 0 fully saturated rings. The molecule has 2 aromatic carbocycles. The standard InChI is InChI=1S/C20H18Cl2O2S/c21-10-2-6-17(23)13-8-9-19-16(12-13)14-4-1-5-15(20(14)25-19)18(24)7-3-11-22/h1,4-5,8-9,12H,2-3,6-7,10-11H2. The predicted molar refractivity (Wildman–Crippen MR) is 108 cm³/mol. The molecule has 0 radical (unpaired) electrons. The third-order valence-electron chi connectivity index (χ3n) is 4.19. The highest BCUT2D eigenvalue weighted by atomic mass is 35.5.